The van der Waals surface area contributed by atoms with Gasteiger partial charge in [0.05, 0.1) is 11.4 Å². The molecule has 3 amide bonds. The van der Waals surface area contributed by atoms with E-state index in [0.29, 0.717) is 10.6 Å². The molecule has 1 fully saturated rings. The third-order valence-corrected chi connectivity index (χ3v) is 7.51. The van der Waals surface area contributed by atoms with Crippen molar-refractivity contribution in [2.24, 2.45) is 0 Å². The van der Waals surface area contributed by atoms with E-state index in [4.69, 9.17) is 0 Å². The van der Waals surface area contributed by atoms with Crippen LogP contribution in [0.1, 0.15) is 51.8 Å². The highest BCUT2D eigenvalue weighted by molar-refractivity contribution is 7.12. The summed E-state index contributed by atoms with van der Waals surface area (Å²) in [6, 6.07) is 14.1. The number of benzene rings is 1. The van der Waals surface area contributed by atoms with Crippen LogP contribution in [0.15, 0.2) is 59.3 Å². The molecule has 6 nitrogen and oxygen atoms in total. The van der Waals surface area contributed by atoms with E-state index in [1.54, 1.807) is 12.1 Å². The maximum Gasteiger partial charge on any atom is 0.261 e. The van der Waals surface area contributed by atoms with E-state index in [1.807, 2.05) is 54.1 Å². The molecule has 0 saturated heterocycles. The summed E-state index contributed by atoms with van der Waals surface area (Å²) in [4.78, 5) is 42.4. The average molecular weight is 482 g/mol. The molecule has 2 N–H and O–H groups in total. The summed E-state index contributed by atoms with van der Waals surface area (Å²) in [6.07, 6.45) is 4.12. The van der Waals surface area contributed by atoms with Crippen LogP contribution in [0.25, 0.3) is 0 Å². The fraction of sp³-hybridized carbons (Fsp3) is 0.320. The second-order valence-corrected chi connectivity index (χ2v) is 10.1. The SMILES string of the molecule is Cc1cccc(N(C(=O)CNC(=O)c2cccs2)[C@@H](C(=O)NC2CCCC2)c2cccs2)c1. The molecular weight excluding hydrogens is 454 g/mol. The lowest BCUT2D eigenvalue weighted by molar-refractivity contribution is -0.126. The van der Waals surface area contributed by atoms with Gasteiger partial charge in [0.25, 0.3) is 5.91 Å². The number of anilines is 1. The molecule has 0 radical (unpaired) electrons. The van der Waals surface area contributed by atoms with E-state index in [9.17, 15) is 14.4 Å². The summed E-state index contributed by atoms with van der Waals surface area (Å²) in [5.74, 6) is -0.833. The largest absolute Gasteiger partial charge is 0.351 e. The van der Waals surface area contributed by atoms with E-state index in [1.165, 1.54) is 27.6 Å². The van der Waals surface area contributed by atoms with Crippen LogP contribution in [0.5, 0.6) is 0 Å². The zero-order valence-corrected chi connectivity index (χ0v) is 20.1. The van der Waals surface area contributed by atoms with Gasteiger partial charge >= 0.3 is 0 Å². The van der Waals surface area contributed by atoms with Gasteiger partial charge in [-0.25, -0.2) is 0 Å². The zero-order valence-electron chi connectivity index (χ0n) is 18.5. The lowest BCUT2D eigenvalue weighted by Crippen LogP contribution is -2.49. The molecular formula is C25H27N3O3S2. The number of nitrogens with one attached hydrogen (secondary N) is 2. The Morgan fingerprint density at radius 1 is 1.03 bits per heavy atom. The van der Waals surface area contributed by atoms with Crippen LogP contribution in [0.2, 0.25) is 0 Å². The number of carbonyl (C=O) groups excluding carboxylic acids is 3. The third-order valence-electron chi connectivity index (χ3n) is 5.71. The highest BCUT2D eigenvalue weighted by atomic mass is 32.1. The van der Waals surface area contributed by atoms with Crippen molar-refractivity contribution in [1.82, 2.24) is 10.6 Å². The summed E-state index contributed by atoms with van der Waals surface area (Å²) in [7, 11) is 0. The Hall–Kier alpha value is -2.97. The van der Waals surface area contributed by atoms with Crippen LogP contribution in [0.3, 0.4) is 0 Å². The number of amides is 3. The summed E-state index contributed by atoms with van der Waals surface area (Å²) in [5, 5.41) is 9.60. The molecule has 1 aromatic carbocycles. The van der Waals surface area contributed by atoms with Crippen LogP contribution in [0.4, 0.5) is 5.69 Å². The molecule has 1 aliphatic carbocycles. The first-order valence-corrected chi connectivity index (χ1v) is 12.8. The van der Waals surface area contributed by atoms with E-state index >= 15 is 0 Å². The van der Waals surface area contributed by atoms with Gasteiger partial charge in [0, 0.05) is 16.6 Å². The fourth-order valence-corrected chi connectivity index (χ4v) is 5.57. The van der Waals surface area contributed by atoms with Gasteiger partial charge in [0.1, 0.15) is 6.04 Å². The molecule has 1 atom stereocenters. The number of hydrogen-bond acceptors (Lipinski definition) is 5. The third kappa shape index (κ3) is 5.69. The monoisotopic (exact) mass is 481 g/mol. The number of hydrogen-bond donors (Lipinski definition) is 2. The van der Waals surface area contributed by atoms with Crippen LogP contribution in [0, 0.1) is 6.92 Å². The molecule has 3 aromatic rings. The second kappa shape index (κ2) is 10.8. The molecule has 8 heteroatoms. The molecule has 0 spiro atoms. The normalized spacial score (nSPS) is 14.6. The average Bonchev–Trinajstić information content (AvgIpc) is 3.58. The molecule has 0 bridgehead atoms. The summed E-state index contributed by atoms with van der Waals surface area (Å²) in [5.41, 5.74) is 1.61. The van der Waals surface area contributed by atoms with Crippen LogP contribution >= 0.6 is 22.7 Å². The Morgan fingerprint density at radius 2 is 1.79 bits per heavy atom. The Kier molecular flexibility index (Phi) is 7.57. The highest BCUT2D eigenvalue weighted by Gasteiger charge is 2.35. The summed E-state index contributed by atoms with van der Waals surface area (Å²) >= 11 is 2.76. The maximum atomic E-state index is 13.5. The van der Waals surface area contributed by atoms with E-state index in [0.717, 1.165) is 36.1 Å². The standard InChI is InChI=1S/C25H27N3O3S2/c1-17-7-4-10-19(15-17)28(22(29)16-26-24(30)21-12-6-14-33-21)23(20-11-5-13-32-20)25(31)27-18-8-2-3-9-18/h4-7,10-15,18,23H,2-3,8-9,16H2,1H3,(H,26,30)(H,27,31)/t23-/m1/s1. The molecule has 1 saturated carbocycles. The van der Waals surface area contributed by atoms with Crippen molar-refractivity contribution in [3.05, 3.63) is 74.6 Å². The number of aryl methyl sites for hydroxylation is 1. The molecule has 4 rings (SSSR count). The van der Waals surface area contributed by atoms with Gasteiger partial charge in [-0.1, -0.05) is 37.1 Å². The van der Waals surface area contributed by atoms with Crippen LogP contribution < -0.4 is 15.5 Å². The first-order valence-electron chi connectivity index (χ1n) is 11.1. The quantitative estimate of drug-likeness (QED) is 0.490. The number of nitrogens with zero attached hydrogens (tertiary/aromatic N) is 1. The van der Waals surface area contributed by atoms with Crippen molar-refractivity contribution < 1.29 is 14.4 Å². The van der Waals surface area contributed by atoms with Crippen LogP contribution in [-0.2, 0) is 9.59 Å². The van der Waals surface area contributed by atoms with Crippen molar-refractivity contribution in [3.63, 3.8) is 0 Å². The van der Waals surface area contributed by atoms with Crippen molar-refractivity contribution in [1.29, 1.82) is 0 Å². The lowest BCUT2D eigenvalue weighted by Gasteiger charge is -2.31. The summed E-state index contributed by atoms with van der Waals surface area (Å²) in [6.45, 7) is 1.74. The van der Waals surface area contributed by atoms with Gasteiger partial charge in [0.15, 0.2) is 0 Å². The molecule has 172 valence electrons. The number of carbonyl (C=O) groups is 3. The minimum atomic E-state index is -0.807. The van der Waals surface area contributed by atoms with Gasteiger partial charge in [-0.3, -0.25) is 19.3 Å². The number of rotatable bonds is 8. The predicted molar refractivity (Wildman–Crippen MR) is 133 cm³/mol. The van der Waals surface area contributed by atoms with Gasteiger partial charge in [-0.15, -0.1) is 22.7 Å². The Bertz CT molecular complexity index is 1090. The first kappa shape index (κ1) is 23.2. The first-order chi connectivity index (χ1) is 16.0. The molecule has 1 aliphatic rings. The van der Waals surface area contributed by atoms with Gasteiger partial charge in [0.2, 0.25) is 11.8 Å². The molecule has 2 aromatic heterocycles. The van der Waals surface area contributed by atoms with Crippen LogP contribution in [-0.4, -0.2) is 30.3 Å². The molecule has 0 aliphatic heterocycles. The minimum Gasteiger partial charge on any atom is -0.351 e. The summed E-state index contributed by atoms with van der Waals surface area (Å²) < 4.78 is 0. The van der Waals surface area contributed by atoms with E-state index in [-0.39, 0.29) is 30.3 Å². The Balaban J connectivity index is 1.63. The van der Waals surface area contributed by atoms with Gasteiger partial charge in [-0.2, -0.15) is 0 Å². The zero-order chi connectivity index (χ0) is 23.2. The van der Waals surface area contributed by atoms with Crippen molar-refractivity contribution >= 4 is 46.1 Å². The Labute approximate surface area is 201 Å². The highest BCUT2D eigenvalue weighted by Crippen LogP contribution is 2.32. The second-order valence-electron chi connectivity index (χ2n) is 8.17. The molecule has 2 heterocycles. The number of thiophene rings is 2. The molecule has 33 heavy (non-hydrogen) atoms. The fourth-order valence-electron chi connectivity index (χ4n) is 4.12. The smallest absolute Gasteiger partial charge is 0.261 e. The maximum absolute atomic E-state index is 13.5. The van der Waals surface area contributed by atoms with Gasteiger partial charge < -0.3 is 10.6 Å². The van der Waals surface area contributed by atoms with E-state index < -0.39 is 6.04 Å². The lowest BCUT2D eigenvalue weighted by atomic mass is 10.1. The van der Waals surface area contributed by atoms with Crippen molar-refractivity contribution in [3.8, 4) is 0 Å². The topological polar surface area (TPSA) is 78.5 Å². The Morgan fingerprint density at radius 3 is 2.45 bits per heavy atom. The van der Waals surface area contributed by atoms with Crippen molar-refractivity contribution in [2.75, 3.05) is 11.4 Å². The minimum absolute atomic E-state index is 0.132. The van der Waals surface area contributed by atoms with Crippen molar-refractivity contribution in [2.45, 2.75) is 44.7 Å². The van der Waals surface area contributed by atoms with E-state index in [2.05, 4.69) is 10.6 Å². The molecule has 0 unspecified atom stereocenters. The van der Waals surface area contributed by atoms with Gasteiger partial charge in [-0.05, 0) is 60.4 Å². The predicted octanol–water partition coefficient (Wildman–Crippen LogP) is 4.68.